The van der Waals surface area contributed by atoms with E-state index in [1.54, 1.807) is 30.3 Å². The molecule has 0 fully saturated rings. The smallest absolute Gasteiger partial charge is 0.264 e. The largest absolute Gasteiger partial charge is 0.325 e. The van der Waals surface area contributed by atoms with E-state index in [-0.39, 0.29) is 11.4 Å². The van der Waals surface area contributed by atoms with Crippen LogP contribution >= 0.6 is 15.9 Å². The highest BCUT2D eigenvalue weighted by atomic mass is 79.9. The summed E-state index contributed by atoms with van der Waals surface area (Å²) in [5, 5.41) is 2.80. The number of halogens is 1. The zero-order valence-corrected chi connectivity index (χ0v) is 19.4. The van der Waals surface area contributed by atoms with Gasteiger partial charge in [-0.3, -0.25) is 9.10 Å². The summed E-state index contributed by atoms with van der Waals surface area (Å²) in [6.07, 6.45) is 0. The van der Waals surface area contributed by atoms with Gasteiger partial charge in [0.25, 0.3) is 10.0 Å². The van der Waals surface area contributed by atoms with Crippen LogP contribution in [0.5, 0.6) is 0 Å². The highest BCUT2D eigenvalue weighted by Crippen LogP contribution is 2.28. The van der Waals surface area contributed by atoms with Gasteiger partial charge in [0.05, 0.1) is 10.6 Å². The maximum absolute atomic E-state index is 13.4. The Morgan fingerprint density at radius 3 is 2.27 bits per heavy atom. The third-order valence-corrected chi connectivity index (χ3v) is 7.34. The monoisotopic (exact) mass is 486 g/mol. The normalized spacial score (nSPS) is 11.2. The molecule has 1 amide bonds. The topological polar surface area (TPSA) is 66.5 Å². The standard InChI is InChI=1S/C23H23BrN2O3S/c1-16-9-12-22(18(3)13-16)26(30(28,29)20-7-5-4-6-8-20)15-23(27)25-19-10-11-21(24)17(2)14-19/h4-14H,15H2,1-3H3,(H,25,27). The van der Waals surface area contributed by atoms with Gasteiger partial charge >= 0.3 is 0 Å². The number of rotatable bonds is 6. The van der Waals surface area contributed by atoms with E-state index in [9.17, 15) is 13.2 Å². The van der Waals surface area contributed by atoms with Gasteiger partial charge in [0, 0.05) is 10.2 Å². The van der Waals surface area contributed by atoms with Crippen LogP contribution in [0.25, 0.3) is 0 Å². The molecule has 5 nitrogen and oxygen atoms in total. The van der Waals surface area contributed by atoms with Gasteiger partial charge in [-0.05, 0) is 68.3 Å². The molecule has 0 radical (unpaired) electrons. The predicted molar refractivity (Wildman–Crippen MR) is 124 cm³/mol. The minimum atomic E-state index is -3.93. The fourth-order valence-electron chi connectivity index (χ4n) is 3.16. The van der Waals surface area contributed by atoms with E-state index in [1.807, 2.05) is 45.0 Å². The van der Waals surface area contributed by atoms with Gasteiger partial charge in [0.15, 0.2) is 0 Å². The van der Waals surface area contributed by atoms with Crippen LogP contribution in [0.4, 0.5) is 11.4 Å². The summed E-state index contributed by atoms with van der Waals surface area (Å²) in [6.45, 7) is 5.36. The van der Waals surface area contributed by atoms with Gasteiger partial charge in [0.2, 0.25) is 5.91 Å². The third kappa shape index (κ3) is 4.91. The van der Waals surface area contributed by atoms with Crippen molar-refractivity contribution in [2.24, 2.45) is 0 Å². The van der Waals surface area contributed by atoms with E-state index in [0.717, 1.165) is 25.5 Å². The molecule has 0 aliphatic heterocycles. The molecule has 0 saturated heterocycles. The van der Waals surface area contributed by atoms with Gasteiger partial charge < -0.3 is 5.32 Å². The fourth-order valence-corrected chi connectivity index (χ4v) is 4.91. The van der Waals surface area contributed by atoms with Crippen LogP contribution in [0, 0.1) is 20.8 Å². The quantitative estimate of drug-likeness (QED) is 0.519. The first-order chi connectivity index (χ1) is 14.2. The molecule has 1 N–H and O–H groups in total. The fraction of sp³-hybridized carbons (Fsp3) is 0.174. The Labute approximate surface area is 185 Å². The number of aryl methyl sites for hydroxylation is 3. The minimum Gasteiger partial charge on any atom is -0.325 e. The summed E-state index contributed by atoms with van der Waals surface area (Å²) in [5.41, 5.74) is 3.85. The molecule has 3 rings (SSSR count). The molecule has 0 heterocycles. The van der Waals surface area contributed by atoms with Crippen molar-refractivity contribution in [1.82, 2.24) is 0 Å². The molecule has 0 aliphatic carbocycles. The van der Waals surface area contributed by atoms with Crippen molar-refractivity contribution in [3.05, 3.63) is 87.9 Å². The van der Waals surface area contributed by atoms with E-state index in [0.29, 0.717) is 11.4 Å². The number of anilines is 2. The van der Waals surface area contributed by atoms with Gasteiger partial charge in [-0.15, -0.1) is 0 Å². The molecule has 30 heavy (non-hydrogen) atoms. The Bertz CT molecular complexity index is 1180. The molecule has 0 aliphatic rings. The second kappa shape index (κ2) is 9.02. The first-order valence-corrected chi connectivity index (χ1v) is 11.6. The third-order valence-electron chi connectivity index (χ3n) is 4.68. The van der Waals surface area contributed by atoms with Crippen LogP contribution in [0.2, 0.25) is 0 Å². The SMILES string of the molecule is Cc1ccc(N(CC(=O)Nc2ccc(Br)c(C)c2)S(=O)(=O)c2ccccc2)c(C)c1. The van der Waals surface area contributed by atoms with E-state index in [2.05, 4.69) is 21.2 Å². The number of nitrogens with zero attached hydrogens (tertiary/aromatic N) is 1. The number of amides is 1. The summed E-state index contributed by atoms with van der Waals surface area (Å²) >= 11 is 3.43. The van der Waals surface area contributed by atoms with Crippen LogP contribution in [0.15, 0.2) is 76.1 Å². The van der Waals surface area contributed by atoms with Crippen molar-refractivity contribution in [1.29, 1.82) is 0 Å². The van der Waals surface area contributed by atoms with Crippen LogP contribution in [0.1, 0.15) is 16.7 Å². The molecule has 0 aromatic heterocycles. The van der Waals surface area contributed by atoms with Gasteiger partial charge in [-0.1, -0.05) is 51.8 Å². The summed E-state index contributed by atoms with van der Waals surface area (Å²) in [6, 6.07) is 19.1. The van der Waals surface area contributed by atoms with Crippen molar-refractivity contribution in [3.8, 4) is 0 Å². The van der Waals surface area contributed by atoms with E-state index < -0.39 is 15.9 Å². The molecule has 3 aromatic rings. The Balaban J connectivity index is 1.97. The zero-order valence-electron chi connectivity index (χ0n) is 17.0. The Kier molecular flexibility index (Phi) is 6.63. The molecule has 3 aromatic carbocycles. The number of benzene rings is 3. The number of nitrogens with one attached hydrogen (secondary N) is 1. The molecule has 156 valence electrons. The molecular weight excluding hydrogens is 464 g/mol. The molecule has 0 saturated carbocycles. The van der Waals surface area contributed by atoms with Crippen molar-refractivity contribution in [2.45, 2.75) is 25.7 Å². The predicted octanol–water partition coefficient (Wildman–Crippen LogP) is 5.21. The summed E-state index contributed by atoms with van der Waals surface area (Å²) in [7, 11) is -3.93. The first kappa shape index (κ1) is 22.1. The van der Waals surface area contributed by atoms with E-state index in [1.165, 1.54) is 12.1 Å². The highest BCUT2D eigenvalue weighted by molar-refractivity contribution is 9.10. The minimum absolute atomic E-state index is 0.136. The Hall–Kier alpha value is -2.64. The van der Waals surface area contributed by atoms with Crippen molar-refractivity contribution in [3.63, 3.8) is 0 Å². The van der Waals surface area contributed by atoms with Crippen molar-refractivity contribution in [2.75, 3.05) is 16.2 Å². The number of hydrogen-bond donors (Lipinski definition) is 1. The van der Waals surface area contributed by atoms with Crippen LogP contribution in [-0.2, 0) is 14.8 Å². The van der Waals surface area contributed by atoms with Gasteiger partial charge in [-0.2, -0.15) is 0 Å². The number of hydrogen-bond acceptors (Lipinski definition) is 3. The second-order valence-electron chi connectivity index (χ2n) is 7.13. The number of sulfonamides is 1. The number of carbonyl (C=O) groups is 1. The maximum atomic E-state index is 13.4. The molecular formula is C23H23BrN2O3S. The summed E-state index contributed by atoms with van der Waals surface area (Å²) in [5.74, 6) is -0.420. The Morgan fingerprint density at radius 2 is 1.63 bits per heavy atom. The van der Waals surface area contributed by atoms with Crippen LogP contribution < -0.4 is 9.62 Å². The maximum Gasteiger partial charge on any atom is 0.264 e. The molecule has 7 heteroatoms. The summed E-state index contributed by atoms with van der Waals surface area (Å²) < 4.78 is 28.9. The van der Waals surface area contributed by atoms with Crippen LogP contribution in [0.3, 0.4) is 0 Å². The lowest BCUT2D eigenvalue weighted by atomic mass is 10.1. The van der Waals surface area contributed by atoms with E-state index >= 15 is 0 Å². The van der Waals surface area contributed by atoms with Gasteiger partial charge in [-0.25, -0.2) is 8.42 Å². The lowest BCUT2D eigenvalue weighted by Gasteiger charge is -2.26. The number of carbonyl (C=O) groups excluding carboxylic acids is 1. The van der Waals surface area contributed by atoms with Crippen LogP contribution in [-0.4, -0.2) is 20.9 Å². The second-order valence-corrected chi connectivity index (χ2v) is 9.84. The molecule has 0 bridgehead atoms. The average Bonchev–Trinajstić information content (AvgIpc) is 2.70. The van der Waals surface area contributed by atoms with Crippen molar-refractivity contribution >= 4 is 43.2 Å². The zero-order chi connectivity index (χ0) is 21.9. The highest BCUT2D eigenvalue weighted by Gasteiger charge is 2.28. The molecule has 0 atom stereocenters. The lowest BCUT2D eigenvalue weighted by Crippen LogP contribution is -2.38. The average molecular weight is 487 g/mol. The summed E-state index contributed by atoms with van der Waals surface area (Å²) in [4.78, 5) is 13.0. The van der Waals surface area contributed by atoms with Crippen molar-refractivity contribution < 1.29 is 13.2 Å². The first-order valence-electron chi connectivity index (χ1n) is 9.39. The lowest BCUT2D eigenvalue weighted by molar-refractivity contribution is -0.114. The molecule has 0 unspecified atom stereocenters. The van der Waals surface area contributed by atoms with Gasteiger partial charge in [0.1, 0.15) is 6.54 Å². The molecule has 0 spiro atoms. The Morgan fingerprint density at radius 1 is 0.933 bits per heavy atom. The van der Waals surface area contributed by atoms with E-state index in [4.69, 9.17) is 0 Å².